The molecule has 1 radical (unpaired) electrons. The topological polar surface area (TPSA) is 173 Å². The third-order valence-corrected chi connectivity index (χ3v) is 4.18. The molecule has 0 bridgehead atoms. The first-order chi connectivity index (χ1) is 13.2. The van der Waals surface area contributed by atoms with Crippen LogP contribution in [0.2, 0.25) is 0 Å². The maximum Gasteiger partial charge on any atom is 3.00 e. The van der Waals surface area contributed by atoms with Gasteiger partial charge in [-0.1, -0.05) is 47.9 Å². The Morgan fingerprint density at radius 3 is 1.52 bits per heavy atom. The molecule has 0 aromatic heterocycles. The number of aromatic carboxylic acids is 2. The number of aliphatic carboxylic acids is 1. The van der Waals surface area contributed by atoms with Crippen LogP contribution in [0.3, 0.4) is 0 Å². The van der Waals surface area contributed by atoms with Crippen molar-refractivity contribution >= 4 is 29.7 Å². The molecule has 0 amide bonds. The zero-order valence-corrected chi connectivity index (χ0v) is 18.2. The first kappa shape index (κ1) is 27.1. The van der Waals surface area contributed by atoms with E-state index in [0.717, 1.165) is 5.88 Å². The Balaban J connectivity index is 0.000000401. The molecule has 1 aliphatic rings. The van der Waals surface area contributed by atoms with Crippen LogP contribution in [-0.2, 0) is 4.79 Å². The summed E-state index contributed by atoms with van der Waals surface area (Å²) in [6.07, 6.45) is 0. The predicted molar refractivity (Wildman–Crippen MR) is 95.0 cm³/mol. The van der Waals surface area contributed by atoms with Gasteiger partial charge in [0.25, 0.3) is 0 Å². The maximum atomic E-state index is 10.7. The molecule has 2 aromatic carbocycles. The summed E-state index contributed by atoms with van der Waals surface area (Å²) in [4.78, 5) is 30.5. The molecule has 29 heavy (non-hydrogen) atoms. The van der Waals surface area contributed by atoms with E-state index in [1.165, 1.54) is 48.5 Å². The zero-order chi connectivity index (χ0) is 21.1. The molecule has 3 N–H and O–H groups in total. The van der Waals surface area contributed by atoms with Gasteiger partial charge in [-0.15, -0.1) is 11.8 Å². The van der Waals surface area contributed by atoms with Crippen molar-refractivity contribution in [2.75, 3.05) is 11.6 Å². The van der Waals surface area contributed by atoms with Crippen LogP contribution in [0.5, 0.6) is 11.5 Å². The molecule has 1 atom stereocenters. The van der Waals surface area contributed by atoms with Crippen molar-refractivity contribution < 1.29 is 80.3 Å². The van der Waals surface area contributed by atoms with Crippen molar-refractivity contribution in [2.24, 2.45) is 0 Å². The van der Waals surface area contributed by atoms with E-state index in [4.69, 9.17) is 10.2 Å². The maximum absolute atomic E-state index is 10.7. The molecule has 9 nitrogen and oxygen atoms in total. The van der Waals surface area contributed by atoms with Crippen LogP contribution >= 0.6 is 11.8 Å². The smallest absolute Gasteiger partial charge is 0.872 e. The number of hydrogen-bond acceptors (Lipinski definition) is 8. The van der Waals surface area contributed by atoms with Crippen LogP contribution in [-0.4, -0.2) is 45.8 Å². The first-order valence-corrected chi connectivity index (χ1v) is 8.90. The molecule has 1 fully saturated rings. The number of carbonyl (C=O) groups excluding carboxylic acids is 1. The van der Waals surface area contributed by atoms with Gasteiger partial charge in [0, 0.05) is 11.6 Å². The molecule has 1 aliphatic heterocycles. The Hall–Kier alpha value is -1.90. The van der Waals surface area contributed by atoms with Gasteiger partial charge in [0.2, 0.25) is 0 Å². The molecule has 0 spiro atoms. The van der Waals surface area contributed by atoms with Crippen molar-refractivity contribution in [3.8, 4) is 11.5 Å². The van der Waals surface area contributed by atoms with Crippen LogP contribution < -0.4 is 20.6 Å². The minimum absolute atomic E-state index is 0. The molecular weight excluding hydrogens is 541 g/mol. The Labute approximate surface area is 202 Å². The Bertz CT molecular complexity index is 772. The summed E-state index contributed by atoms with van der Waals surface area (Å²) in [7, 11) is 0. The number of benzene rings is 2. The number of para-hydroxylation sites is 2. The molecular formula is C18H16NO8SSm. The van der Waals surface area contributed by atoms with Crippen LogP contribution in [0.4, 0.5) is 0 Å². The van der Waals surface area contributed by atoms with Gasteiger partial charge in [0.15, 0.2) is 0 Å². The van der Waals surface area contributed by atoms with E-state index in [2.05, 4.69) is 5.32 Å². The number of nitrogens with one attached hydrogen (secondary N) is 1. The van der Waals surface area contributed by atoms with Gasteiger partial charge >= 0.3 is 52.3 Å². The van der Waals surface area contributed by atoms with Crippen LogP contribution in [0, 0.1) is 40.4 Å². The Kier molecular flexibility index (Phi) is 13.2. The van der Waals surface area contributed by atoms with Crippen molar-refractivity contribution in [3.63, 3.8) is 0 Å². The molecule has 11 heteroatoms. The van der Waals surface area contributed by atoms with E-state index in [9.17, 15) is 29.7 Å². The van der Waals surface area contributed by atoms with E-state index >= 15 is 0 Å². The van der Waals surface area contributed by atoms with E-state index in [-0.39, 0.29) is 51.5 Å². The van der Waals surface area contributed by atoms with Crippen molar-refractivity contribution in [2.45, 2.75) is 6.04 Å². The normalized spacial score (nSPS) is 14.1. The third-order valence-electron chi connectivity index (χ3n) is 3.24. The van der Waals surface area contributed by atoms with Gasteiger partial charge in [-0.05, 0) is 12.1 Å². The second-order valence-corrected chi connectivity index (χ2v) is 6.22. The molecule has 0 saturated carbocycles. The zero-order valence-electron chi connectivity index (χ0n) is 14.8. The molecule has 1 heterocycles. The molecule has 2 aromatic rings. The fraction of sp³-hybridized carbons (Fsp3) is 0.167. The van der Waals surface area contributed by atoms with Crippen LogP contribution in [0.25, 0.3) is 0 Å². The SMILES string of the molecule is O=C(O)c1ccccc1[O-].O=C(O)c1ccccc1[O-].O=C([O-])C1CSCN1.[Sm+3]. The standard InChI is InChI=1S/2C7H6O3.C4H7NO2S.Sm/c2*8-6-4-2-1-3-5(6)7(9)10;6-4(7)3-1-8-2-5-3;/h2*1-4,8H,(H,9,10);3,5H,1-2H2,(H,6,7);/q;;;+3/p-3. The van der Waals surface area contributed by atoms with E-state index in [0.29, 0.717) is 5.75 Å². The molecule has 0 aliphatic carbocycles. The molecule has 3 rings (SSSR count). The van der Waals surface area contributed by atoms with Gasteiger partial charge in [0.05, 0.1) is 23.1 Å². The largest absolute Gasteiger partial charge is 3.00 e. The minimum Gasteiger partial charge on any atom is -0.872 e. The minimum atomic E-state index is -1.18. The average molecular weight is 557 g/mol. The Morgan fingerprint density at radius 1 is 0.897 bits per heavy atom. The van der Waals surface area contributed by atoms with Gasteiger partial charge in [0.1, 0.15) is 0 Å². The summed E-state index contributed by atoms with van der Waals surface area (Å²) >= 11 is 1.58. The number of carbonyl (C=O) groups is 3. The van der Waals surface area contributed by atoms with Crippen molar-refractivity contribution in [3.05, 3.63) is 59.7 Å². The second kappa shape index (κ2) is 14.1. The third kappa shape index (κ3) is 9.91. The first-order valence-electron chi connectivity index (χ1n) is 7.74. The quantitative estimate of drug-likeness (QED) is 0.439. The van der Waals surface area contributed by atoms with Crippen LogP contribution in [0.15, 0.2) is 48.5 Å². The van der Waals surface area contributed by atoms with Gasteiger partial charge in [-0.25, -0.2) is 9.59 Å². The molecule has 1 unspecified atom stereocenters. The number of thioether (sulfide) groups is 1. The van der Waals surface area contributed by atoms with Gasteiger partial charge < -0.3 is 30.3 Å². The predicted octanol–water partition coefficient (Wildman–Crippen LogP) is -0.684. The summed E-state index contributed by atoms with van der Waals surface area (Å²) in [6, 6.07) is 10.7. The van der Waals surface area contributed by atoms with Crippen molar-refractivity contribution in [1.82, 2.24) is 5.32 Å². The van der Waals surface area contributed by atoms with E-state index < -0.39 is 35.4 Å². The van der Waals surface area contributed by atoms with Crippen molar-refractivity contribution in [1.29, 1.82) is 0 Å². The summed E-state index contributed by atoms with van der Waals surface area (Å²) < 4.78 is 0. The monoisotopic (exact) mass is 558 g/mol. The summed E-state index contributed by atoms with van der Waals surface area (Å²) in [5.41, 5.74) is -0.356. The number of carboxylic acids is 3. The van der Waals surface area contributed by atoms with Gasteiger partial charge in [-0.3, -0.25) is 5.32 Å². The Morgan fingerprint density at radius 2 is 1.31 bits per heavy atom. The number of rotatable bonds is 3. The molecule has 153 valence electrons. The second-order valence-electron chi connectivity index (χ2n) is 5.19. The number of hydrogen-bond donors (Lipinski definition) is 3. The average Bonchev–Trinajstić information content (AvgIpc) is 3.18. The summed E-state index contributed by atoms with van der Waals surface area (Å²) in [5, 5.41) is 50.9. The fourth-order valence-electron chi connectivity index (χ4n) is 1.83. The number of carboxylic acid groups (broad SMARTS) is 3. The van der Waals surface area contributed by atoms with E-state index in [1.54, 1.807) is 11.8 Å². The van der Waals surface area contributed by atoms with E-state index in [1.807, 2.05) is 0 Å². The summed E-state index contributed by atoms with van der Waals surface area (Å²) in [6.45, 7) is 0. The summed E-state index contributed by atoms with van der Waals surface area (Å²) in [5.74, 6) is -2.86. The fourth-order valence-corrected chi connectivity index (χ4v) is 2.76. The van der Waals surface area contributed by atoms with Gasteiger partial charge in [-0.2, -0.15) is 0 Å². The van der Waals surface area contributed by atoms with Crippen LogP contribution in [0.1, 0.15) is 20.7 Å². The molecule has 1 saturated heterocycles.